The standard InChI is InChI=1S/C15H15Br2NO/c1-10(16)6-7-18-15(19)13-3-2-12-9-14(17)5-4-11(12)8-13/h2-5,8-10H,6-7H2,1H3,(H,18,19). The van der Waals surface area contributed by atoms with E-state index in [0.29, 0.717) is 16.9 Å². The number of benzene rings is 2. The minimum absolute atomic E-state index is 0.0158. The van der Waals surface area contributed by atoms with E-state index in [1.54, 1.807) is 0 Å². The van der Waals surface area contributed by atoms with Crippen molar-refractivity contribution in [2.24, 2.45) is 0 Å². The molecule has 0 aliphatic rings. The van der Waals surface area contributed by atoms with E-state index in [4.69, 9.17) is 0 Å². The number of nitrogens with one attached hydrogen (secondary N) is 1. The summed E-state index contributed by atoms with van der Waals surface area (Å²) >= 11 is 6.91. The average Bonchev–Trinajstić information content (AvgIpc) is 2.37. The largest absolute Gasteiger partial charge is 0.352 e. The number of halogens is 2. The molecule has 100 valence electrons. The number of hydrogen-bond donors (Lipinski definition) is 1. The van der Waals surface area contributed by atoms with Gasteiger partial charge in [-0.05, 0) is 41.5 Å². The third-order valence-corrected chi connectivity index (χ3v) is 3.84. The minimum Gasteiger partial charge on any atom is -0.352 e. The molecule has 0 heterocycles. The molecule has 0 fully saturated rings. The summed E-state index contributed by atoms with van der Waals surface area (Å²) in [7, 11) is 0. The van der Waals surface area contributed by atoms with Crippen LogP contribution in [0, 0.1) is 0 Å². The molecule has 0 aliphatic heterocycles. The third kappa shape index (κ3) is 4.05. The van der Waals surface area contributed by atoms with Gasteiger partial charge in [0.15, 0.2) is 0 Å². The lowest BCUT2D eigenvalue weighted by Crippen LogP contribution is -2.25. The maximum absolute atomic E-state index is 12.0. The van der Waals surface area contributed by atoms with Crippen molar-refractivity contribution in [3.05, 3.63) is 46.4 Å². The Balaban J connectivity index is 2.12. The van der Waals surface area contributed by atoms with Crippen molar-refractivity contribution in [2.45, 2.75) is 18.2 Å². The highest BCUT2D eigenvalue weighted by atomic mass is 79.9. The van der Waals surface area contributed by atoms with Crippen molar-refractivity contribution in [1.29, 1.82) is 0 Å². The molecule has 0 saturated carbocycles. The number of rotatable bonds is 4. The first-order valence-electron chi connectivity index (χ1n) is 6.18. The zero-order chi connectivity index (χ0) is 13.8. The summed E-state index contributed by atoms with van der Waals surface area (Å²) in [6, 6.07) is 11.8. The SMILES string of the molecule is CC(Br)CCNC(=O)c1ccc2cc(Br)ccc2c1. The summed E-state index contributed by atoms with van der Waals surface area (Å²) in [5.41, 5.74) is 0.706. The molecule has 0 aliphatic carbocycles. The topological polar surface area (TPSA) is 29.1 Å². The minimum atomic E-state index is -0.0158. The monoisotopic (exact) mass is 383 g/mol. The zero-order valence-electron chi connectivity index (χ0n) is 10.6. The summed E-state index contributed by atoms with van der Waals surface area (Å²) in [4.78, 5) is 12.4. The Hall–Kier alpha value is -0.870. The fourth-order valence-electron chi connectivity index (χ4n) is 1.84. The summed E-state index contributed by atoms with van der Waals surface area (Å²) < 4.78 is 1.04. The Labute approximate surface area is 129 Å². The highest BCUT2D eigenvalue weighted by molar-refractivity contribution is 9.10. The molecule has 0 spiro atoms. The molecule has 2 aromatic carbocycles. The molecule has 0 bridgehead atoms. The molecule has 2 rings (SSSR count). The maximum atomic E-state index is 12.0. The molecule has 2 nitrogen and oxygen atoms in total. The first-order valence-corrected chi connectivity index (χ1v) is 7.89. The quantitative estimate of drug-likeness (QED) is 0.772. The fraction of sp³-hybridized carbons (Fsp3) is 0.267. The number of alkyl halides is 1. The lowest BCUT2D eigenvalue weighted by molar-refractivity contribution is 0.0953. The smallest absolute Gasteiger partial charge is 0.251 e. The van der Waals surface area contributed by atoms with Gasteiger partial charge >= 0.3 is 0 Å². The molecule has 1 atom stereocenters. The number of hydrogen-bond acceptors (Lipinski definition) is 1. The second kappa shape index (κ2) is 6.53. The Kier molecular flexibility index (Phi) is 4.99. The zero-order valence-corrected chi connectivity index (χ0v) is 13.8. The van der Waals surface area contributed by atoms with Crippen LogP contribution in [0.5, 0.6) is 0 Å². The average molecular weight is 385 g/mol. The van der Waals surface area contributed by atoms with Gasteiger partial charge in [-0.25, -0.2) is 0 Å². The molecule has 4 heteroatoms. The Morgan fingerprint density at radius 3 is 2.63 bits per heavy atom. The van der Waals surface area contributed by atoms with Crippen LogP contribution < -0.4 is 5.32 Å². The summed E-state index contributed by atoms with van der Waals surface area (Å²) in [6.45, 7) is 2.75. The van der Waals surface area contributed by atoms with E-state index < -0.39 is 0 Å². The van der Waals surface area contributed by atoms with Crippen molar-refractivity contribution < 1.29 is 4.79 Å². The van der Waals surface area contributed by atoms with Gasteiger partial charge in [0.25, 0.3) is 5.91 Å². The van der Waals surface area contributed by atoms with Gasteiger partial charge in [0.2, 0.25) is 0 Å². The first-order chi connectivity index (χ1) is 9.06. The van der Waals surface area contributed by atoms with E-state index in [-0.39, 0.29) is 5.91 Å². The lowest BCUT2D eigenvalue weighted by atomic mass is 10.1. The normalized spacial score (nSPS) is 12.4. The van der Waals surface area contributed by atoms with Crippen LogP contribution in [0.3, 0.4) is 0 Å². The lowest BCUT2D eigenvalue weighted by Gasteiger charge is -2.07. The van der Waals surface area contributed by atoms with E-state index in [1.165, 1.54) is 0 Å². The van der Waals surface area contributed by atoms with E-state index in [0.717, 1.165) is 21.7 Å². The van der Waals surface area contributed by atoms with E-state index in [1.807, 2.05) is 36.4 Å². The molecule has 0 aromatic heterocycles. The Morgan fingerprint density at radius 1 is 1.21 bits per heavy atom. The van der Waals surface area contributed by atoms with Gasteiger partial charge in [-0.1, -0.05) is 50.9 Å². The molecule has 19 heavy (non-hydrogen) atoms. The molecule has 0 radical (unpaired) electrons. The van der Waals surface area contributed by atoms with Crippen molar-refractivity contribution >= 4 is 48.5 Å². The van der Waals surface area contributed by atoms with Crippen LogP contribution in [0.15, 0.2) is 40.9 Å². The Bertz CT molecular complexity index is 596. The van der Waals surface area contributed by atoms with Crippen LogP contribution in [0.4, 0.5) is 0 Å². The summed E-state index contributed by atoms with van der Waals surface area (Å²) in [5, 5.41) is 5.13. The third-order valence-electron chi connectivity index (χ3n) is 2.89. The van der Waals surface area contributed by atoms with Crippen molar-refractivity contribution in [3.8, 4) is 0 Å². The molecule has 2 aromatic rings. The van der Waals surface area contributed by atoms with Gasteiger partial charge in [-0.2, -0.15) is 0 Å². The van der Waals surface area contributed by atoms with Crippen LogP contribution in [0.1, 0.15) is 23.7 Å². The molecular weight excluding hydrogens is 370 g/mol. The van der Waals surface area contributed by atoms with Gasteiger partial charge in [0.1, 0.15) is 0 Å². The second-order valence-corrected chi connectivity index (χ2v) is 7.01. The van der Waals surface area contributed by atoms with Crippen molar-refractivity contribution in [1.82, 2.24) is 5.32 Å². The predicted molar refractivity (Wildman–Crippen MR) is 87.0 cm³/mol. The molecule has 1 unspecified atom stereocenters. The van der Waals surface area contributed by atoms with Gasteiger partial charge < -0.3 is 5.32 Å². The van der Waals surface area contributed by atoms with E-state index in [2.05, 4.69) is 44.1 Å². The fourth-order valence-corrected chi connectivity index (χ4v) is 2.45. The van der Waals surface area contributed by atoms with Crippen LogP contribution in [0.25, 0.3) is 10.8 Å². The molecule has 1 amide bonds. The van der Waals surface area contributed by atoms with Gasteiger partial charge in [0, 0.05) is 21.4 Å². The van der Waals surface area contributed by atoms with Crippen LogP contribution in [0.2, 0.25) is 0 Å². The highest BCUT2D eigenvalue weighted by Crippen LogP contribution is 2.20. The van der Waals surface area contributed by atoms with Crippen LogP contribution in [-0.2, 0) is 0 Å². The van der Waals surface area contributed by atoms with Crippen molar-refractivity contribution in [2.75, 3.05) is 6.54 Å². The van der Waals surface area contributed by atoms with Crippen molar-refractivity contribution in [3.63, 3.8) is 0 Å². The number of fused-ring (bicyclic) bond motifs is 1. The number of carbonyl (C=O) groups is 1. The highest BCUT2D eigenvalue weighted by Gasteiger charge is 2.06. The Morgan fingerprint density at radius 2 is 1.89 bits per heavy atom. The van der Waals surface area contributed by atoms with E-state index >= 15 is 0 Å². The summed E-state index contributed by atoms with van der Waals surface area (Å²) in [6.07, 6.45) is 0.923. The molecule has 0 saturated heterocycles. The number of carbonyl (C=O) groups excluding carboxylic acids is 1. The summed E-state index contributed by atoms with van der Waals surface area (Å²) in [5.74, 6) is -0.0158. The van der Waals surface area contributed by atoms with Gasteiger partial charge in [-0.3, -0.25) is 4.79 Å². The second-order valence-electron chi connectivity index (χ2n) is 4.53. The maximum Gasteiger partial charge on any atom is 0.251 e. The first kappa shape index (κ1) is 14.5. The number of amides is 1. The van der Waals surface area contributed by atoms with Gasteiger partial charge in [0.05, 0.1) is 0 Å². The molecule has 1 N–H and O–H groups in total. The van der Waals surface area contributed by atoms with Crippen LogP contribution >= 0.6 is 31.9 Å². The predicted octanol–water partition coefficient (Wildman–Crippen LogP) is 4.51. The van der Waals surface area contributed by atoms with E-state index in [9.17, 15) is 4.79 Å². The molecular formula is C15H15Br2NO. The van der Waals surface area contributed by atoms with Crippen LogP contribution in [-0.4, -0.2) is 17.3 Å². The van der Waals surface area contributed by atoms with Gasteiger partial charge in [-0.15, -0.1) is 0 Å².